The van der Waals surface area contributed by atoms with Gasteiger partial charge in [0, 0.05) is 31.6 Å². The van der Waals surface area contributed by atoms with Gasteiger partial charge in [-0.15, -0.1) is 0 Å². The number of fused-ring (bicyclic) bond motifs is 1. The van der Waals surface area contributed by atoms with Gasteiger partial charge in [-0.1, -0.05) is 23.2 Å². The average molecular weight is 542 g/mol. The molecule has 2 aliphatic rings. The highest BCUT2D eigenvalue weighted by atomic mass is 35.5. The van der Waals surface area contributed by atoms with Crippen molar-refractivity contribution in [2.45, 2.75) is 57.4 Å². The van der Waals surface area contributed by atoms with Crippen molar-refractivity contribution in [1.29, 1.82) is 5.26 Å². The molecule has 1 saturated carbocycles. The fourth-order valence-corrected chi connectivity index (χ4v) is 5.96. The third-order valence-corrected chi connectivity index (χ3v) is 7.99. The molecule has 5 rings (SSSR count). The Morgan fingerprint density at radius 3 is 2.59 bits per heavy atom. The van der Waals surface area contributed by atoms with Crippen LogP contribution in [0.4, 0.5) is 11.6 Å². The van der Waals surface area contributed by atoms with Crippen LogP contribution in [0.25, 0.3) is 11.2 Å². The van der Waals surface area contributed by atoms with Crippen molar-refractivity contribution in [3.8, 4) is 6.07 Å². The number of nitrogens with zero attached hydrogens (tertiary/aromatic N) is 5. The zero-order chi connectivity index (χ0) is 25.9. The number of hydrogen-bond donors (Lipinski definition) is 2. The number of hydrogen-bond acceptors (Lipinski definition) is 7. The average Bonchev–Trinajstić information content (AvgIpc) is 3.04. The van der Waals surface area contributed by atoms with E-state index in [9.17, 15) is 10.1 Å². The SMILES string of the molecule is N#Cc1cc(Cl)c(Nc2nc3cnc(CC4CCCOCC4)nc3n2C2CCC(C(N)=O)CC2)c(Cl)c1. The van der Waals surface area contributed by atoms with Crippen LogP contribution in [0.15, 0.2) is 18.3 Å². The molecular formula is C26H29Cl2N7O2. The molecule has 194 valence electrons. The second-order valence-corrected chi connectivity index (χ2v) is 10.7. The highest BCUT2D eigenvalue weighted by molar-refractivity contribution is 6.39. The number of carbonyl (C=O) groups excluding carboxylic acids is 1. The Morgan fingerprint density at radius 2 is 1.89 bits per heavy atom. The molecular weight excluding hydrogens is 513 g/mol. The molecule has 3 heterocycles. The summed E-state index contributed by atoms with van der Waals surface area (Å²) in [5.74, 6) is 1.44. The van der Waals surface area contributed by atoms with Crippen molar-refractivity contribution >= 4 is 51.9 Å². The van der Waals surface area contributed by atoms with Crippen LogP contribution in [-0.4, -0.2) is 38.6 Å². The lowest BCUT2D eigenvalue weighted by Crippen LogP contribution is -2.28. The van der Waals surface area contributed by atoms with Gasteiger partial charge in [-0.3, -0.25) is 9.36 Å². The largest absolute Gasteiger partial charge is 0.381 e. The molecule has 1 aliphatic carbocycles. The molecule has 37 heavy (non-hydrogen) atoms. The van der Waals surface area contributed by atoms with Crippen LogP contribution in [0.2, 0.25) is 10.0 Å². The Balaban J connectivity index is 1.52. The van der Waals surface area contributed by atoms with Crippen LogP contribution in [0, 0.1) is 23.2 Å². The van der Waals surface area contributed by atoms with Crippen molar-refractivity contribution in [2.24, 2.45) is 17.6 Å². The summed E-state index contributed by atoms with van der Waals surface area (Å²) in [7, 11) is 0. The maximum absolute atomic E-state index is 11.8. The molecule has 1 unspecified atom stereocenters. The number of ether oxygens (including phenoxy) is 1. The van der Waals surface area contributed by atoms with Crippen molar-refractivity contribution < 1.29 is 9.53 Å². The Bertz CT molecular complexity index is 1310. The molecule has 0 radical (unpaired) electrons. The van der Waals surface area contributed by atoms with Gasteiger partial charge in [0.1, 0.15) is 11.3 Å². The number of carbonyl (C=O) groups is 1. The van der Waals surface area contributed by atoms with Gasteiger partial charge in [0.15, 0.2) is 5.65 Å². The zero-order valence-corrected chi connectivity index (χ0v) is 21.9. The van der Waals surface area contributed by atoms with Gasteiger partial charge in [-0.05, 0) is 63.0 Å². The number of nitrogens with one attached hydrogen (secondary N) is 1. The predicted molar refractivity (Wildman–Crippen MR) is 142 cm³/mol. The second kappa shape index (κ2) is 11.2. The van der Waals surface area contributed by atoms with Crippen LogP contribution in [0.5, 0.6) is 0 Å². The predicted octanol–water partition coefficient (Wildman–Crippen LogP) is 5.32. The maximum Gasteiger partial charge on any atom is 0.220 e. The van der Waals surface area contributed by atoms with E-state index in [0.29, 0.717) is 51.5 Å². The summed E-state index contributed by atoms with van der Waals surface area (Å²) in [4.78, 5) is 26.2. The number of rotatable bonds is 6. The number of nitrogens with two attached hydrogens (primary N) is 1. The summed E-state index contributed by atoms with van der Waals surface area (Å²) >= 11 is 13.0. The first-order valence-corrected chi connectivity index (χ1v) is 13.5. The van der Waals surface area contributed by atoms with Crippen LogP contribution in [-0.2, 0) is 16.0 Å². The van der Waals surface area contributed by atoms with Gasteiger partial charge in [0.25, 0.3) is 0 Å². The number of imidazole rings is 1. The molecule has 1 aliphatic heterocycles. The summed E-state index contributed by atoms with van der Waals surface area (Å²) < 4.78 is 7.70. The fraction of sp³-hybridized carbons (Fsp3) is 0.500. The Kier molecular flexibility index (Phi) is 7.79. The lowest BCUT2D eigenvalue weighted by atomic mass is 9.85. The minimum atomic E-state index is -0.250. The van der Waals surface area contributed by atoms with E-state index in [-0.39, 0.29) is 17.9 Å². The van der Waals surface area contributed by atoms with Gasteiger partial charge < -0.3 is 15.8 Å². The van der Waals surface area contributed by atoms with E-state index in [1.54, 1.807) is 18.3 Å². The third-order valence-electron chi connectivity index (χ3n) is 7.40. The number of benzene rings is 1. The molecule has 1 saturated heterocycles. The van der Waals surface area contributed by atoms with Crippen LogP contribution in [0.1, 0.15) is 62.4 Å². The van der Waals surface area contributed by atoms with E-state index in [0.717, 1.165) is 63.2 Å². The lowest BCUT2D eigenvalue weighted by Gasteiger charge is -2.29. The normalized spacial score (nSPS) is 22.4. The van der Waals surface area contributed by atoms with E-state index in [4.69, 9.17) is 43.6 Å². The standard InChI is InChI=1S/C26H29Cl2N7O2/c27-19-10-16(13-29)11-20(28)23(19)34-26-32-21-14-31-22(12-15-2-1-8-37-9-7-15)33-25(21)35(26)18-5-3-17(4-6-18)24(30)36/h10-11,14-15,17-18H,1-9,12H2,(H2,30,36)(H,32,34). The highest BCUT2D eigenvalue weighted by Gasteiger charge is 2.29. The van der Waals surface area contributed by atoms with Crippen molar-refractivity contribution in [3.05, 3.63) is 39.8 Å². The number of primary amides is 1. The van der Waals surface area contributed by atoms with E-state index < -0.39 is 0 Å². The van der Waals surface area contributed by atoms with Crippen LogP contribution in [0.3, 0.4) is 0 Å². The minimum Gasteiger partial charge on any atom is -0.381 e. The summed E-state index contributed by atoms with van der Waals surface area (Å²) in [5, 5.41) is 13.2. The van der Waals surface area contributed by atoms with E-state index in [2.05, 4.69) is 20.9 Å². The van der Waals surface area contributed by atoms with Crippen molar-refractivity contribution in [1.82, 2.24) is 19.5 Å². The maximum atomic E-state index is 11.8. The van der Waals surface area contributed by atoms with Crippen molar-refractivity contribution in [3.63, 3.8) is 0 Å². The molecule has 2 fully saturated rings. The quantitative estimate of drug-likeness (QED) is 0.431. The Morgan fingerprint density at radius 1 is 1.14 bits per heavy atom. The number of aromatic nitrogens is 4. The second-order valence-electron chi connectivity index (χ2n) is 9.87. The lowest BCUT2D eigenvalue weighted by molar-refractivity contribution is -0.122. The monoisotopic (exact) mass is 541 g/mol. The van der Waals surface area contributed by atoms with Gasteiger partial charge in [-0.2, -0.15) is 5.26 Å². The highest BCUT2D eigenvalue weighted by Crippen LogP contribution is 2.39. The Labute approximate surface area is 225 Å². The first-order chi connectivity index (χ1) is 17.9. The summed E-state index contributed by atoms with van der Waals surface area (Å²) in [6, 6.07) is 5.25. The smallest absolute Gasteiger partial charge is 0.220 e. The first kappa shape index (κ1) is 25.7. The van der Waals surface area contributed by atoms with Gasteiger partial charge in [0.05, 0.1) is 33.6 Å². The van der Waals surface area contributed by atoms with E-state index in [1.165, 1.54) is 0 Å². The molecule has 1 amide bonds. The minimum absolute atomic E-state index is 0.0630. The number of halogens is 2. The number of anilines is 2. The van der Waals surface area contributed by atoms with Crippen molar-refractivity contribution in [2.75, 3.05) is 18.5 Å². The first-order valence-electron chi connectivity index (χ1n) is 12.7. The van der Waals surface area contributed by atoms with Crippen LogP contribution < -0.4 is 11.1 Å². The summed E-state index contributed by atoms with van der Waals surface area (Å²) in [6.45, 7) is 1.58. The van der Waals surface area contributed by atoms with E-state index >= 15 is 0 Å². The molecule has 0 bridgehead atoms. The number of amides is 1. The van der Waals surface area contributed by atoms with E-state index in [1.807, 2.05) is 0 Å². The molecule has 1 atom stereocenters. The molecule has 0 spiro atoms. The molecule has 2 aromatic heterocycles. The number of nitriles is 1. The zero-order valence-electron chi connectivity index (χ0n) is 20.4. The Hall–Kier alpha value is -2.93. The summed E-state index contributed by atoms with van der Waals surface area (Å²) in [5.41, 5.74) is 7.82. The van der Waals surface area contributed by atoms with Gasteiger partial charge in [0.2, 0.25) is 11.9 Å². The third kappa shape index (κ3) is 5.66. The summed E-state index contributed by atoms with van der Waals surface area (Å²) in [6.07, 6.45) is 8.64. The molecule has 3 N–H and O–H groups in total. The van der Waals surface area contributed by atoms with Gasteiger partial charge >= 0.3 is 0 Å². The topological polar surface area (TPSA) is 132 Å². The molecule has 9 nitrogen and oxygen atoms in total. The van der Waals surface area contributed by atoms with Gasteiger partial charge in [-0.25, -0.2) is 15.0 Å². The molecule has 3 aromatic rings. The van der Waals surface area contributed by atoms with Crippen LogP contribution >= 0.6 is 23.2 Å². The fourth-order valence-electron chi connectivity index (χ4n) is 5.38. The molecule has 11 heteroatoms. The molecule has 1 aromatic carbocycles.